The fraction of sp³-hybridized carbons (Fsp3) is 0.222. The molecule has 0 bridgehead atoms. The second-order valence-corrected chi connectivity index (χ2v) is 4.70. The summed E-state index contributed by atoms with van der Waals surface area (Å²) < 4.78 is 10.2. The molecule has 0 amide bonds. The van der Waals surface area contributed by atoms with Crippen LogP contribution in [0.3, 0.4) is 0 Å². The van der Waals surface area contributed by atoms with E-state index in [0.717, 1.165) is 5.56 Å². The molecule has 0 heterocycles. The SMILES string of the molecule is CCOC(=O)c1ccccc1CC(=O)OCc1ccccc1. The van der Waals surface area contributed by atoms with Gasteiger partial charge in [0, 0.05) is 0 Å². The first-order valence-electron chi connectivity index (χ1n) is 7.15. The van der Waals surface area contributed by atoms with Gasteiger partial charge in [0.05, 0.1) is 18.6 Å². The van der Waals surface area contributed by atoms with Crippen molar-refractivity contribution in [2.75, 3.05) is 6.61 Å². The van der Waals surface area contributed by atoms with Crippen molar-refractivity contribution in [1.29, 1.82) is 0 Å². The second-order valence-electron chi connectivity index (χ2n) is 4.70. The van der Waals surface area contributed by atoms with Gasteiger partial charge < -0.3 is 9.47 Å². The van der Waals surface area contributed by atoms with Crippen LogP contribution in [-0.4, -0.2) is 18.5 Å². The molecule has 2 aromatic carbocycles. The summed E-state index contributed by atoms with van der Waals surface area (Å²) >= 11 is 0. The Bertz CT molecular complexity index is 635. The van der Waals surface area contributed by atoms with Crippen LogP contribution in [0.25, 0.3) is 0 Å². The van der Waals surface area contributed by atoms with Gasteiger partial charge in [0.15, 0.2) is 0 Å². The minimum atomic E-state index is -0.422. The molecule has 0 spiro atoms. The number of carbonyl (C=O) groups is 2. The highest BCUT2D eigenvalue weighted by atomic mass is 16.5. The Balaban J connectivity index is 1.98. The third-order valence-electron chi connectivity index (χ3n) is 3.09. The molecule has 4 nitrogen and oxygen atoms in total. The van der Waals surface area contributed by atoms with Crippen LogP contribution in [0.2, 0.25) is 0 Å². The third kappa shape index (κ3) is 4.45. The summed E-state index contributed by atoms with van der Waals surface area (Å²) in [4.78, 5) is 23.8. The molecule has 0 unspecified atom stereocenters. The van der Waals surface area contributed by atoms with Crippen molar-refractivity contribution < 1.29 is 19.1 Å². The summed E-state index contributed by atoms with van der Waals surface area (Å²) in [6.45, 7) is 2.27. The molecule has 0 radical (unpaired) electrons. The molecule has 0 aromatic heterocycles. The lowest BCUT2D eigenvalue weighted by atomic mass is 10.0. The van der Waals surface area contributed by atoms with Gasteiger partial charge in [-0.05, 0) is 24.1 Å². The lowest BCUT2D eigenvalue weighted by Gasteiger charge is -2.09. The van der Waals surface area contributed by atoms with Crippen LogP contribution in [-0.2, 0) is 27.3 Å². The number of ether oxygens (including phenoxy) is 2. The van der Waals surface area contributed by atoms with E-state index < -0.39 is 5.97 Å². The molecule has 114 valence electrons. The molecule has 2 aromatic rings. The van der Waals surface area contributed by atoms with Crippen molar-refractivity contribution in [1.82, 2.24) is 0 Å². The minimum absolute atomic E-state index is 0.0435. The van der Waals surface area contributed by atoms with Crippen LogP contribution in [0.1, 0.15) is 28.4 Å². The van der Waals surface area contributed by atoms with Gasteiger partial charge in [-0.3, -0.25) is 4.79 Å². The molecule has 0 fully saturated rings. The summed E-state index contributed by atoms with van der Waals surface area (Å²) in [6.07, 6.45) is 0.0435. The van der Waals surface area contributed by atoms with Gasteiger partial charge in [-0.25, -0.2) is 4.79 Å². The van der Waals surface area contributed by atoms with Gasteiger partial charge >= 0.3 is 11.9 Å². The molecule has 0 saturated heterocycles. The standard InChI is InChI=1S/C18H18O4/c1-2-21-18(20)16-11-7-6-10-15(16)12-17(19)22-13-14-8-4-3-5-9-14/h3-11H,2,12-13H2,1H3. The molecule has 0 atom stereocenters. The molecule has 0 aliphatic heterocycles. The molecule has 4 heteroatoms. The van der Waals surface area contributed by atoms with Crippen LogP contribution in [0.5, 0.6) is 0 Å². The summed E-state index contributed by atoms with van der Waals surface area (Å²) in [6, 6.07) is 16.4. The topological polar surface area (TPSA) is 52.6 Å². The van der Waals surface area contributed by atoms with E-state index in [-0.39, 0.29) is 19.0 Å². The Kier molecular flexibility index (Phi) is 5.72. The van der Waals surface area contributed by atoms with Crippen molar-refractivity contribution in [2.45, 2.75) is 20.0 Å². The van der Waals surface area contributed by atoms with E-state index in [0.29, 0.717) is 17.7 Å². The monoisotopic (exact) mass is 298 g/mol. The van der Waals surface area contributed by atoms with Gasteiger partial charge in [0.25, 0.3) is 0 Å². The zero-order valence-electron chi connectivity index (χ0n) is 12.5. The Morgan fingerprint density at radius 2 is 1.59 bits per heavy atom. The van der Waals surface area contributed by atoms with Crippen LogP contribution in [0, 0.1) is 0 Å². The predicted octanol–water partition coefficient (Wildman–Crippen LogP) is 3.15. The summed E-state index contributed by atoms with van der Waals surface area (Å²) in [5.74, 6) is -0.797. The van der Waals surface area contributed by atoms with Crippen LogP contribution in [0.4, 0.5) is 0 Å². The van der Waals surface area contributed by atoms with E-state index >= 15 is 0 Å². The molecule has 0 N–H and O–H groups in total. The van der Waals surface area contributed by atoms with Crippen LogP contribution in [0.15, 0.2) is 54.6 Å². The number of rotatable bonds is 6. The Labute approximate surface area is 129 Å². The van der Waals surface area contributed by atoms with Gasteiger partial charge in [-0.15, -0.1) is 0 Å². The van der Waals surface area contributed by atoms with E-state index in [1.165, 1.54) is 0 Å². The smallest absolute Gasteiger partial charge is 0.338 e. The molecule has 2 rings (SSSR count). The Hall–Kier alpha value is -2.62. The number of carbonyl (C=O) groups excluding carboxylic acids is 2. The summed E-state index contributed by atoms with van der Waals surface area (Å²) in [5, 5.41) is 0. The normalized spacial score (nSPS) is 10.0. The Morgan fingerprint density at radius 3 is 2.32 bits per heavy atom. The van der Waals surface area contributed by atoms with Gasteiger partial charge in [0.1, 0.15) is 6.61 Å². The van der Waals surface area contributed by atoms with Crippen molar-refractivity contribution in [3.63, 3.8) is 0 Å². The summed E-state index contributed by atoms with van der Waals surface area (Å²) in [5.41, 5.74) is 1.94. The first-order chi connectivity index (χ1) is 10.7. The van der Waals surface area contributed by atoms with Crippen LogP contribution < -0.4 is 0 Å². The first-order valence-corrected chi connectivity index (χ1v) is 7.15. The van der Waals surface area contributed by atoms with E-state index in [4.69, 9.17) is 9.47 Å². The van der Waals surface area contributed by atoms with Gasteiger partial charge in [-0.1, -0.05) is 48.5 Å². The number of hydrogen-bond donors (Lipinski definition) is 0. The quantitative estimate of drug-likeness (QED) is 0.769. The zero-order chi connectivity index (χ0) is 15.8. The van der Waals surface area contributed by atoms with Gasteiger partial charge in [0.2, 0.25) is 0 Å². The molecular formula is C18H18O4. The summed E-state index contributed by atoms with van der Waals surface area (Å²) in [7, 11) is 0. The number of esters is 2. The highest BCUT2D eigenvalue weighted by molar-refractivity contribution is 5.92. The largest absolute Gasteiger partial charge is 0.462 e. The average Bonchev–Trinajstić information content (AvgIpc) is 2.54. The van der Waals surface area contributed by atoms with E-state index in [9.17, 15) is 9.59 Å². The number of benzene rings is 2. The lowest BCUT2D eigenvalue weighted by Crippen LogP contribution is -2.13. The molecule has 22 heavy (non-hydrogen) atoms. The first kappa shape index (κ1) is 15.8. The lowest BCUT2D eigenvalue weighted by molar-refractivity contribution is -0.144. The predicted molar refractivity (Wildman–Crippen MR) is 82.3 cm³/mol. The number of hydrogen-bond acceptors (Lipinski definition) is 4. The van der Waals surface area contributed by atoms with E-state index in [1.807, 2.05) is 30.3 Å². The maximum Gasteiger partial charge on any atom is 0.338 e. The van der Waals surface area contributed by atoms with Gasteiger partial charge in [-0.2, -0.15) is 0 Å². The molecule has 0 saturated carbocycles. The fourth-order valence-corrected chi connectivity index (χ4v) is 2.03. The molecule has 0 aliphatic carbocycles. The average molecular weight is 298 g/mol. The Morgan fingerprint density at radius 1 is 0.909 bits per heavy atom. The van der Waals surface area contributed by atoms with Crippen molar-refractivity contribution in [2.24, 2.45) is 0 Å². The van der Waals surface area contributed by atoms with Crippen molar-refractivity contribution in [3.8, 4) is 0 Å². The van der Waals surface area contributed by atoms with Crippen molar-refractivity contribution in [3.05, 3.63) is 71.3 Å². The maximum atomic E-state index is 11.9. The second kappa shape index (κ2) is 7.98. The molecular weight excluding hydrogens is 280 g/mol. The minimum Gasteiger partial charge on any atom is -0.462 e. The maximum absolute atomic E-state index is 11.9. The zero-order valence-corrected chi connectivity index (χ0v) is 12.5. The molecule has 0 aliphatic rings. The van der Waals surface area contributed by atoms with Crippen molar-refractivity contribution >= 4 is 11.9 Å². The fourth-order valence-electron chi connectivity index (χ4n) is 2.03. The highest BCUT2D eigenvalue weighted by Gasteiger charge is 2.15. The third-order valence-corrected chi connectivity index (χ3v) is 3.09. The van der Waals surface area contributed by atoms with Crippen LogP contribution >= 0.6 is 0 Å². The van der Waals surface area contributed by atoms with E-state index in [1.54, 1.807) is 31.2 Å². The van der Waals surface area contributed by atoms with E-state index in [2.05, 4.69) is 0 Å². The highest BCUT2D eigenvalue weighted by Crippen LogP contribution is 2.12.